The van der Waals surface area contributed by atoms with E-state index in [0.29, 0.717) is 23.9 Å². The third kappa shape index (κ3) is 58.2. The quantitative estimate of drug-likeness (QED) is 0.0243. The second kappa shape index (κ2) is 55.5. The number of allylic oxidation sites excluding steroid dienone is 6. The number of carbonyl (C=O) groups is 1. The Bertz CT molecular complexity index is 1280. The van der Waals surface area contributed by atoms with Gasteiger partial charge in [-0.15, -0.1) is 0 Å². The van der Waals surface area contributed by atoms with E-state index in [-0.39, 0.29) is 19.1 Å². The Kier molecular flexibility index (Phi) is 54.5. The van der Waals surface area contributed by atoms with Crippen LogP contribution >= 0.6 is 7.82 Å². The predicted molar refractivity (Wildman–Crippen MR) is 318 cm³/mol. The van der Waals surface area contributed by atoms with Gasteiger partial charge >= 0.3 is 7.82 Å². The minimum Gasteiger partial charge on any atom is -0.391 e. The van der Waals surface area contributed by atoms with E-state index in [4.69, 9.17) is 9.05 Å². The topological polar surface area (TPSA) is 105 Å². The number of nitrogens with zero attached hydrogens (tertiary/aromatic N) is 1. The molecule has 3 N–H and O–H groups in total. The second-order valence-electron chi connectivity index (χ2n) is 23.1. The Labute approximate surface area is 455 Å². The molecule has 0 rings (SSSR count). The number of amides is 1. The Balaban J connectivity index is 4.10. The molecule has 0 aliphatic rings. The van der Waals surface area contributed by atoms with E-state index >= 15 is 0 Å². The molecule has 0 aliphatic heterocycles. The molecule has 9 heteroatoms. The smallest absolute Gasteiger partial charge is 0.391 e. The SMILES string of the molecule is CCCCCCC/C=C\C/C=C\C/C=C\CCCCCCCCCCC(=O)NC(COP(=O)(O)OCC[N+](C)(C)C)C(O)CCCCCCCCCCCCCCCCCCCCCCCCCCCCCC. The number of carbonyl (C=O) groups excluding carboxylic acids is 1. The van der Waals surface area contributed by atoms with Crippen LogP contribution in [0, 0.1) is 0 Å². The summed E-state index contributed by atoms with van der Waals surface area (Å²) in [6.45, 7) is 4.91. The fraction of sp³-hybridized carbons (Fsp3) is 0.891. The lowest BCUT2D eigenvalue weighted by molar-refractivity contribution is -0.870. The molecule has 0 saturated carbocycles. The first kappa shape index (κ1) is 71.7. The van der Waals surface area contributed by atoms with Gasteiger partial charge in [-0.05, 0) is 51.4 Å². The summed E-state index contributed by atoms with van der Waals surface area (Å²) < 4.78 is 23.8. The maximum Gasteiger partial charge on any atom is 0.472 e. The monoisotopic (exact) mass is 1050 g/mol. The molecular weight excluding hydrogens is 924 g/mol. The normalized spacial score (nSPS) is 14.0. The van der Waals surface area contributed by atoms with Crippen LogP contribution in [0.15, 0.2) is 36.5 Å². The number of nitrogens with one attached hydrogen (secondary N) is 1. The number of rotatable bonds is 59. The van der Waals surface area contributed by atoms with Crippen LogP contribution < -0.4 is 5.32 Å². The summed E-state index contributed by atoms with van der Waals surface area (Å²) in [4.78, 5) is 23.4. The van der Waals surface area contributed by atoms with Crippen LogP contribution in [0.1, 0.15) is 316 Å². The molecule has 1 amide bonds. The Morgan fingerprint density at radius 1 is 0.466 bits per heavy atom. The largest absolute Gasteiger partial charge is 0.472 e. The van der Waals surface area contributed by atoms with Crippen molar-refractivity contribution in [1.82, 2.24) is 5.32 Å². The van der Waals surface area contributed by atoms with Gasteiger partial charge in [0, 0.05) is 6.42 Å². The average Bonchev–Trinajstić information content (AvgIpc) is 3.35. The fourth-order valence-corrected chi connectivity index (χ4v) is 10.4. The minimum atomic E-state index is -4.33. The molecule has 0 saturated heterocycles. The molecule has 3 unspecified atom stereocenters. The molecule has 0 aliphatic carbocycles. The number of hydrogen-bond donors (Lipinski definition) is 3. The number of phosphoric acid groups is 1. The Hall–Kier alpha value is -1.28. The van der Waals surface area contributed by atoms with Gasteiger partial charge < -0.3 is 19.8 Å². The summed E-state index contributed by atoms with van der Waals surface area (Å²) in [5, 5.41) is 14.1. The molecule has 0 spiro atoms. The van der Waals surface area contributed by atoms with Crippen molar-refractivity contribution >= 4 is 13.7 Å². The summed E-state index contributed by atoms with van der Waals surface area (Å²) in [7, 11) is 1.62. The highest BCUT2D eigenvalue weighted by Gasteiger charge is 2.28. The highest BCUT2D eigenvalue weighted by molar-refractivity contribution is 7.47. The van der Waals surface area contributed by atoms with E-state index in [1.54, 1.807) is 0 Å². The summed E-state index contributed by atoms with van der Waals surface area (Å²) in [6, 6.07) is -0.767. The van der Waals surface area contributed by atoms with Gasteiger partial charge in [0.2, 0.25) is 5.91 Å². The number of likely N-dealkylation sites (N-methyl/N-ethyl adjacent to an activating group) is 1. The van der Waals surface area contributed by atoms with Crippen LogP contribution in [-0.4, -0.2) is 73.4 Å². The third-order valence-electron chi connectivity index (χ3n) is 14.6. The number of aliphatic hydroxyl groups is 1. The maximum atomic E-state index is 13.0. The van der Waals surface area contributed by atoms with Gasteiger partial charge in [0.25, 0.3) is 0 Å². The van der Waals surface area contributed by atoms with E-state index in [1.165, 1.54) is 231 Å². The highest BCUT2D eigenvalue weighted by atomic mass is 31.2. The van der Waals surface area contributed by atoms with Crippen molar-refractivity contribution in [2.24, 2.45) is 0 Å². The van der Waals surface area contributed by atoms with E-state index in [0.717, 1.165) is 57.8 Å². The average molecular weight is 1050 g/mol. The lowest BCUT2D eigenvalue weighted by atomic mass is 10.0. The summed E-state index contributed by atoms with van der Waals surface area (Å²) in [5.41, 5.74) is 0. The molecule has 0 radical (unpaired) electrons. The molecule has 0 aromatic heterocycles. The number of phosphoric ester groups is 1. The van der Waals surface area contributed by atoms with Crippen LogP contribution in [0.2, 0.25) is 0 Å². The molecule has 0 aromatic carbocycles. The molecule has 73 heavy (non-hydrogen) atoms. The number of hydrogen-bond acceptors (Lipinski definition) is 5. The maximum absolute atomic E-state index is 13.0. The number of unbranched alkanes of at least 4 members (excludes halogenated alkanes) is 40. The molecule has 432 valence electrons. The summed E-state index contributed by atoms with van der Waals surface area (Å²) in [5.74, 6) is -0.148. The van der Waals surface area contributed by atoms with Crippen molar-refractivity contribution in [3.63, 3.8) is 0 Å². The van der Waals surface area contributed by atoms with Crippen molar-refractivity contribution < 1.29 is 32.9 Å². The molecule has 0 aromatic rings. The van der Waals surface area contributed by atoms with Crippen LogP contribution in [-0.2, 0) is 18.4 Å². The third-order valence-corrected chi connectivity index (χ3v) is 15.6. The highest BCUT2D eigenvalue weighted by Crippen LogP contribution is 2.43. The van der Waals surface area contributed by atoms with Crippen LogP contribution in [0.3, 0.4) is 0 Å². The fourth-order valence-electron chi connectivity index (χ4n) is 9.65. The van der Waals surface area contributed by atoms with Crippen molar-refractivity contribution in [2.45, 2.75) is 328 Å². The zero-order valence-corrected chi connectivity index (χ0v) is 50.3. The van der Waals surface area contributed by atoms with Gasteiger partial charge in [-0.1, -0.05) is 294 Å². The summed E-state index contributed by atoms with van der Waals surface area (Å²) in [6.07, 6.45) is 72.2. The van der Waals surface area contributed by atoms with Gasteiger partial charge in [-0.25, -0.2) is 4.57 Å². The van der Waals surface area contributed by atoms with Crippen molar-refractivity contribution in [2.75, 3.05) is 40.9 Å². The van der Waals surface area contributed by atoms with Crippen molar-refractivity contribution in [3.8, 4) is 0 Å². The Morgan fingerprint density at radius 3 is 1.14 bits per heavy atom. The van der Waals surface area contributed by atoms with Crippen LogP contribution in [0.25, 0.3) is 0 Å². The van der Waals surface area contributed by atoms with Gasteiger partial charge in [0.05, 0.1) is 39.9 Å². The van der Waals surface area contributed by atoms with E-state index in [2.05, 4.69) is 55.6 Å². The molecule has 3 atom stereocenters. The second-order valence-corrected chi connectivity index (χ2v) is 24.6. The molecule has 0 heterocycles. The van der Waals surface area contributed by atoms with E-state index in [9.17, 15) is 19.4 Å². The van der Waals surface area contributed by atoms with Gasteiger partial charge in [-0.2, -0.15) is 0 Å². The van der Waals surface area contributed by atoms with Gasteiger partial charge in [0.15, 0.2) is 0 Å². The van der Waals surface area contributed by atoms with E-state index < -0.39 is 20.0 Å². The standard InChI is InChI=1S/C64H125N2O6P/c1-6-8-10-12-14-16-18-20-22-24-26-28-30-31-32-33-34-36-37-39-41-43-45-47-49-51-53-55-57-63(67)62(61-72-73(69,70)71-60-59-66(3,4)5)65-64(68)58-56-54-52-50-48-46-44-42-40-38-35-29-27-25-23-21-19-17-15-13-11-9-7-2/h19,21,25,27,35,38,62-63,67H,6-18,20,22-24,26,28-34,36-37,39-61H2,1-5H3,(H-,65,68,69,70)/p+1/b21-19-,27-25-,38-35-. The zero-order valence-electron chi connectivity index (χ0n) is 49.4. The lowest BCUT2D eigenvalue weighted by Gasteiger charge is -2.26. The van der Waals surface area contributed by atoms with Crippen molar-refractivity contribution in [1.29, 1.82) is 0 Å². The number of quaternary nitrogens is 1. The first-order valence-electron chi connectivity index (χ1n) is 31.9. The number of aliphatic hydroxyl groups excluding tert-OH is 1. The molecule has 0 fully saturated rings. The Morgan fingerprint density at radius 2 is 0.781 bits per heavy atom. The zero-order chi connectivity index (χ0) is 53.5. The van der Waals surface area contributed by atoms with Crippen LogP contribution in [0.5, 0.6) is 0 Å². The molecule has 8 nitrogen and oxygen atoms in total. The van der Waals surface area contributed by atoms with Crippen LogP contribution in [0.4, 0.5) is 0 Å². The minimum absolute atomic E-state index is 0.0732. The van der Waals surface area contributed by atoms with Gasteiger partial charge in [-0.3, -0.25) is 13.8 Å². The lowest BCUT2D eigenvalue weighted by Crippen LogP contribution is -2.46. The first-order valence-corrected chi connectivity index (χ1v) is 33.3. The van der Waals surface area contributed by atoms with Gasteiger partial charge in [0.1, 0.15) is 13.2 Å². The molecular formula is C64H126N2O6P+. The summed E-state index contributed by atoms with van der Waals surface area (Å²) >= 11 is 0. The predicted octanol–water partition coefficient (Wildman–Crippen LogP) is 19.7. The molecule has 0 bridgehead atoms. The van der Waals surface area contributed by atoms with Crippen molar-refractivity contribution in [3.05, 3.63) is 36.5 Å². The van der Waals surface area contributed by atoms with E-state index in [1.807, 2.05) is 21.1 Å². The first-order chi connectivity index (χ1) is 35.5.